The number of hydrogen-bond acceptors (Lipinski definition) is 6. The van der Waals surface area contributed by atoms with Crippen LogP contribution in [0, 0.1) is 5.92 Å². The van der Waals surface area contributed by atoms with Crippen LogP contribution in [0.5, 0.6) is 0 Å². The van der Waals surface area contributed by atoms with Crippen molar-refractivity contribution in [2.75, 3.05) is 6.26 Å². The van der Waals surface area contributed by atoms with Gasteiger partial charge in [0, 0.05) is 25.3 Å². The van der Waals surface area contributed by atoms with Crippen LogP contribution in [0.15, 0.2) is 59.8 Å². The van der Waals surface area contributed by atoms with Gasteiger partial charge in [0.1, 0.15) is 11.4 Å². The van der Waals surface area contributed by atoms with E-state index in [0.717, 1.165) is 11.8 Å². The van der Waals surface area contributed by atoms with Crippen LogP contribution >= 0.6 is 0 Å². The molecule has 162 valence electrons. The smallest absolute Gasteiger partial charge is 0.181 e. The first kappa shape index (κ1) is 22.6. The molecule has 8 heteroatoms. The van der Waals surface area contributed by atoms with E-state index in [0.29, 0.717) is 24.2 Å². The highest BCUT2D eigenvalue weighted by atomic mass is 32.2. The van der Waals surface area contributed by atoms with Gasteiger partial charge in [-0.15, -0.1) is 0 Å². The monoisotopic (exact) mass is 439 g/mol. The third kappa shape index (κ3) is 5.95. The molecule has 0 N–H and O–H groups in total. The number of aryl methyl sites for hydroxylation is 1. The second kappa shape index (κ2) is 9.34. The molecule has 0 atom stereocenters. The van der Waals surface area contributed by atoms with Crippen molar-refractivity contribution in [3.63, 3.8) is 0 Å². The molecule has 0 fully saturated rings. The highest BCUT2D eigenvalue weighted by Gasteiger charge is 2.14. The van der Waals surface area contributed by atoms with Crippen molar-refractivity contribution in [2.24, 2.45) is 5.92 Å². The van der Waals surface area contributed by atoms with Gasteiger partial charge in [0.15, 0.2) is 21.4 Å². The summed E-state index contributed by atoms with van der Waals surface area (Å²) >= 11 is 0. The van der Waals surface area contributed by atoms with Gasteiger partial charge in [-0.1, -0.05) is 26.0 Å². The summed E-state index contributed by atoms with van der Waals surface area (Å²) in [5, 5.41) is 4.28. The van der Waals surface area contributed by atoms with Crippen LogP contribution in [-0.4, -0.2) is 41.0 Å². The van der Waals surface area contributed by atoms with Gasteiger partial charge in [0.2, 0.25) is 0 Å². The Bertz CT molecular complexity index is 1210. The van der Waals surface area contributed by atoms with Crippen molar-refractivity contribution in [1.82, 2.24) is 14.8 Å². The molecule has 0 radical (unpaired) electrons. The lowest BCUT2D eigenvalue weighted by Crippen LogP contribution is -2.10. The van der Waals surface area contributed by atoms with Crippen LogP contribution in [-0.2, 0) is 16.3 Å². The maximum absolute atomic E-state index is 12.6. The van der Waals surface area contributed by atoms with Crippen molar-refractivity contribution < 1.29 is 18.0 Å². The maximum atomic E-state index is 12.6. The van der Waals surface area contributed by atoms with Gasteiger partial charge in [0.05, 0.1) is 16.8 Å². The Morgan fingerprint density at radius 1 is 1.03 bits per heavy atom. The fourth-order valence-electron chi connectivity index (χ4n) is 3.09. The highest BCUT2D eigenvalue weighted by Crippen LogP contribution is 2.16. The maximum Gasteiger partial charge on any atom is 0.181 e. The van der Waals surface area contributed by atoms with Crippen LogP contribution < -0.4 is 0 Å². The summed E-state index contributed by atoms with van der Waals surface area (Å²) in [6.45, 7) is 3.93. The van der Waals surface area contributed by atoms with Gasteiger partial charge in [-0.2, -0.15) is 5.10 Å². The molecule has 0 spiro atoms. The molecule has 0 saturated heterocycles. The molecule has 2 aromatic heterocycles. The van der Waals surface area contributed by atoms with E-state index in [2.05, 4.69) is 10.1 Å². The van der Waals surface area contributed by atoms with Crippen LogP contribution in [0.1, 0.15) is 53.2 Å². The third-order valence-electron chi connectivity index (χ3n) is 4.70. The predicted octanol–water partition coefficient (Wildman–Crippen LogP) is 3.72. The Balaban J connectivity index is 1.67. The number of benzene rings is 1. The van der Waals surface area contributed by atoms with Gasteiger partial charge in [-0.05, 0) is 48.2 Å². The van der Waals surface area contributed by atoms with E-state index in [4.69, 9.17) is 0 Å². The summed E-state index contributed by atoms with van der Waals surface area (Å²) in [6.07, 6.45) is 5.65. The Hall–Kier alpha value is -3.13. The Kier molecular flexibility index (Phi) is 6.80. The minimum absolute atomic E-state index is 0.0674. The van der Waals surface area contributed by atoms with Crippen LogP contribution in [0.4, 0.5) is 0 Å². The summed E-state index contributed by atoms with van der Waals surface area (Å²) in [5.74, 6) is 0.0107. The van der Waals surface area contributed by atoms with Gasteiger partial charge in [0.25, 0.3) is 0 Å². The zero-order valence-corrected chi connectivity index (χ0v) is 18.6. The number of pyridine rings is 1. The van der Waals surface area contributed by atoms with Crippen LogP contribution in [0.3, 0.4) is 0 Å². The molecule has 3 aromatic rings. The van der Waals surface area contributed by atoms with Gasteiger partial charge >= 0.3 is 0 Å². The normalized spacial score (nSPS) is 11.6. The van der Waals surface area contributed by atoms with Gasteiger partial charge in [-0.25, -0.2) is 18.1 Å². The van der Waals surface area contributed by atoms with Gasteiger partial charge < -0.3 is 0 Å². The lowest BCUT2D eigenvalue weighted by molar-refractivity contribution is 0.0962. The van der Waals surface area contributed by atoms with E-state index in [9.17, 15) is 18.0 Å². The lowest BCUT2D eigenvalue weighted by atomic mass is 10.0. The van der Waals surface area contributed by atoms with E-state index in [1.807, 2.05) is 13.8 Å². The van der Waals surface area contributed by atoms with E-state index >= 15 is 0 Å². The number of sulfone groups is 1. The predicted molar refractivity (Wildman–Crippen MR) is 117 cm³/mol. The lowest BCUT2D eigenvalue weighted by Gasteiger charge is -2.05. The molecule has 0 aliphatic carbocycles. The zero-order chi connectivity index (χ0) is 22.6. The van der Waals surface area contributed by atoms with Gasteiger partial charge in [-0.3, -0.25) is 9.59 Å². The molecule has 0 amide bonds. The number of rotatable bonds is 9. The number of carbonyl (C=O) groups excluding carboxylic acids is 2. The van der Waals surface area contributed by atoms with Crippen LogP contribution in [0.25, 0.3) is 5.69 Å². The number of Topliss-reactive ketones (excluding diaryl/α,β-unsaturated/α-hetero) is 2. The fourth-order valence-corrected chi connectivity index (χ4v) is 3.75. The quantitative estimate of drug-likeness (QED) is 0.471. The minimum Gasteiger partial charge on any atom is -0.292 e. The van der Waals surface area contributed by atoms with E-state index in [1.54, 1.807) is 53.5 Å². The first-order valence-corrected chi connectivity index (χ1v) is 11.9. The van der Waals surface area contributed by atoms with E-state index in [-0.39, 0.29) is 34.5 Å². The number of nitrogens with zero attached hydrogens (tertiary/aromatic N) is 3. The summed E-state index contributed by atoms with van der Waals surface area (Å²) in [4.78, 5) is 29.3. The molecule has 0 bridgehead atoms. The first-order chi connectivity index (χ1) is 14.6. The molecule has 3 rings (SSSR count). The molecule has 2 heterocycles. The average Bonchev–Trinajstić information content (AvgIpc) is 3.20. The topological polar surface area (TPSA) is 99.0 Å². The number of aromatic nitrogens is 3. The molecular formula is C23H25N3O4S. The fraction of sp³-hybridized carbons (Fsp3) is 0.304. The molecule has 1 aromatic carbocycles. The molecule has 0 saturated carbocycles. The van der Waals surface area contributed by atoms with E-state index in [1.165, 1.54) is 6.07 Å². The molecule has 7 nitrogen and oxygen atoms in total. The molecule has 0 aliphatic rings. The third-order valence-corrected chi connectivity index (χ3v) is 5.81. The summed E-state index contributed by atoms with van der Waals surface area (Å²) in [6, 6.07) is 11.5. The number of ketones is 2. The Labute approximate surface area is 182 Å². The standard InChI is InChI=1S/C23H25N3O4S/c1-16(2)12-23(28)21-9-5-8-20(25-21)22(27)11-10-17-14-24-26(15-17)18-6-4-7-19(13-18)31(3,29)30/h4-9,13-16H,10-12H2,1-3H3. The number of carbonyl (C=O) groups is 2. The van der Waals surface area contributed by atoms with Crippen molar-refractivity contribution in [3.05, 3.63) is 71.8 Å². The Morgan fingerprint density at radius 2 is 1.71 bits per heavy atom. The van der Waals surface area contributed by atoms with Crippen molar-refractivity contribution in [1.29, 1.82) is 0 Å². The number of hydrogen-bond donors (Lipinski definition) is 0. The van der Waals surface area contributed by atoms with Crippen molar-refractivity contribution >= 4 is 21.4 Å². The second-order valence-electron chi connectivity index (χ2n) is 7.92. The molecule has 31 heavy (non-hydrogen) atoms. The van der Waals surface area contributed by atoms with Crippen LogP contribution in [0.2, 0.25) is 0 Å². The molecule has 0 aliphatic heterocycles. The first-order valence-electron chi connectivity index (χ1n) is 10.0. The SMILES string of the molecule is CC(C)CC(=O)c1cccc(C(=O)CCc2cnn(-c3cccc(S(C)(=O)=O)c3)c2)n1. The summed E-state index contributed by atoms with van der Waals surface area (Å²) in [7, 11) is -3.31. The summed E-state index contributed by atoms with van der Waals surface area (Å²) in [5.41, 5.74) is 2.06. The van der Waals surface area contributed by atoms with E-state index < -0.39 is 9.84 Å². The zero-order valence-electron chi connectivity index (χ0n) is 17.8. The van der Waals surface area contributed by atoms with Crippen molar-refractivity contribution in [2.45, 2.75) is 38.0 Å². The highest BCUT2D eigenvalue weighted by molar-refractivity contribution is 7.90. The van der Waals surface area contributed by atoms with Crippen molar-refractivity contribution in [3.8, 4) is 5.69 Å². The average molecular weight is 440 g/mol. The minimum atomic E-state index is -3.31. The summed E-state index contributed by atoms with van der Waals surface area (Å²) < 4.78 is 25.1. The molecular weight excluding hydrogens is 414 g/mol. The second-order valence-corrected chi connectivity index (χ2v) is 9.93. The molecule has 0 unspecified atom stereocenters. The Morgan fingerprint density at radius 3 is 2.39 bits per heavy atom. The largest absolute Gasteiger partial charge is 0.292 e.